The molecule has 1 aromatic heterocycles. The lowest BCUT2D eigenvalue weighted by molar-refractivity contribution is -0.136. The average Bonchev–Trinajstić information content (AvgIpc) is 3.08. The summed E-state index contributed by atoms with van der Waals surface area (Å²) in [6.07, 6.45) is 5.19. The number of rotatable bonds is 5. The van der Waals surface area contributed by atoms with Gasteiger partial charge in [-0.2, -0.15) is 0 Å². The Bertz CT molecular complexity index is 1180. The number of piperidine rings is 2. The molecule has 11 heteroatoms. The summed E-state index contributed by atoms with van der Waals surface area (Å²) in [5.41, 5.74) is 1.34. The summed E-state index contributed by atoms with van der Waals surface area (Å²) in [4.78, 5) is 61.6. The van der Waals surface area contributed by atoms with E-state index in [1.54, 1.807) is 18.3 Å². The Balaban J connectivity index is 1.42. The molecule has 2 saturated heterocycles. The van der Waals surface area contributed by atoms with Crippen LogP contribution >= 0.6 is 11.6 Å². The molecule has 2 N–H and O–H groups in total. The number of nitrogens with zero attached hydrogens (tertiary/aromatic N) is 4. The molecule has 3 aliphatic rings. The number of fused-ring (bicyclic) bond motifs is 1. The van der Waals surface area contributed by atoms with E-state index in [0.717, 1.165) is 36.4 Å². The number of hydrogen-bond acceptors (Lipinski definition) is 8. The standard InChI is InChI=1S/C23H23ClN6O4/c24-18-10-26-11-19(27-18)29(14-5-7-25-8-6-14)12-13-1-2-15-16(9-13)23(34)30(22(15)33)17-3-4-20(31)28-21(17)32/h1-2,9-11,14,17,25H,3-8,12H2,(H,28,31,32). The van der Waals surface area contributed by atoms with Gasteiger partial charge in [-0.25, -0.2) is 4.98 Å². The van der Waals surface area contributed by atoms with Gasteiger partial charge in [0.2, 0.25) is 11.8 Å². The summed E-state index contributed by atoms with van der Waals surface area (Å²) in [6, 6.07) is 4.36. The molecule has 1 unspecified atom stereocenters. The van der Waals surface area contributed by atoms with Gasteiger partial charge in [0.05, 0.1) is 23.5 Å². The topological polar surface area (TPSA) is 125 Å². The molecule has 176 valence electrons. The Hall–Kier alpha value is -3.37. The van der Waals surface area contributed by atoms with Crippen LogP contribution in [-0.4, -0.2) is 63.7 Å². The number of carbonyl (C=O) groups is 4. The van der Waals surface area contributed by atoms with Gasteiger partial charge in [-0.1, -0.05) is 17.7 Å². The van der Waals surface area contributed by atoms with E-state index in [1.807, 2.05) is 6.07 Å². The van der Waals surface area contributed by atoms with E-state index in [0.29, 0.717) is 17.5 Å². The number of nitrogens with one attached hydrogen (secondary N) is 2. The lowest BCUT2D eigenvalue weighted by Gasteiger charge is -2.35. The number of imide groups is 2. The van der Waals surface area contributed by atoms with Crippen LogP contribution in [0.3, 0.4) is 0 Å². The van der Waals surface area contributed by atoms with Crippen molar-refractivity contribution in [2.75, 3.05) is 18.0 Å². The van der Waals surface area contributed by atoms with Gasteiger partial charge in [0.25, 0.3) is 11.8 Å². The summed E-state index contributed by atoms with van der Waals surface area (Å²) in [7, 11) is 0. The third-order valence-corrected chi connectivity index (χ3v) is 6.68. The second-order valence-electron chi connectivity index (χ2n) is 8.64. The summed E-state index contributed by atoms with van der Waals surface area (Å²) in [6.45, 7) is 2.22. The third-order valence-electron chi connectivity index (χ3n) is 6.49. The second kappa shape index (κ2) is 9.11. The molecule has 1 aromatic carbocycles. The number of carbonyl (C=O) groups excluding carboxylic acids is 4. The predicted molar refractivity (Wildman–Crippen MR) is 122 cm³/mol. The van der Waals surface area contributed by atoms with Crippen LogP contribution in [-0.2, 0) is 16.1 Å². The highest BCUT2D eigenvalue weighted by Crippen LogP contribution is 2.30. The molecule has 2 aromatic rings. The van der Waals surface area contributed by atoms with Gasteiger partial charge in [-0.3, -0.25) is 34.4 Å². The first kappa shape index (κ1) is 22.4. The summed E-state index contributed by atoms with van der Waals surface area (Å²) in [5.74, 6) is -1.42. The Labute approximate surface area is 200 Å². The Kier molecular flexibility index (Phi) is 6.01. The quantitative estimate of drug-likeness (QED) is 0.611. The minimum atomic E-state index is -0.985. The molecule has 0 spiro atoms. The van der Waals surface area contributed by atoms with Crippen molar-refractivity contribution in [1.82, 2.24) is 25.5 Å². The first-order valence-corrected chi connectivity index (χ1v) is 11.6. The molecule has 4 heterocycles. The molecule has 34 heavy (non-hydrogen) atoms. The molecule has 2 fully saturated rings. The molecule has 0 aliphatic carbocycles. The SMILES string of the molecule is O=C1CCC(N2C(=O)c3ccc(CN(c4cncc(Cl)n4)C4CCNCC4)cc3C2=O)C(=O)N1. The predicted octanol–water partition coefficient (Wildman–Crippen LogP) is 1.29. The number of anilines is 1. The van der Waals surface area contributed by atoms with Crippen LogP contribution < -0.4 is 15.5 Å². The monoisotopic (exact) mass is 482 g/mol. The van der Waals surface area contributed by atoms with E-state index in [9.17, 15) is 19.2 Å². The zero-order valence-electron chi connectivity index (χ0n) is 18.3. The summed E-state index contributed by atoms with van der Waals surface area (Å²) < 4.78 is 0. The lowest BCUT2D eigenvalue weighted by atomic mass is 10.0. The van der Waals surface area contributed by atoms with E-state index in [2.05, 4.69) is 25.5 Å². The first-order chi connectivity index (χ1) is 16.4. The van der Waals surface area contributed by atoms with Gasteiger partial charge in [0.1, 0.15) is 17.0 Å². The maximum Gasteiger partial charge on any atom is 0.262 e. The first-order valence-electron chi connectivity index (χ1n) is 11.2. The van der Waals surface area contributed by atoms with Crippen molar-refractivity contribution in [2.45, 2.75) is 44.3 Å². The smallest absolute Gasteiger partial charge is 0.262 e. The molecular weight excluding hydrogens is 460 g/mol. The Morgan fingerprint density at radius 1 is 1.03 bits per heavy atom. The average molecular weight is 483 g/mol. The normalized spacial score (nSPS) is 21.0. The van der Waals surface area contributed by atoms with Crippen molar-refractivity contribution in [3.8, 4) is 0 Å². The fourth-order valence-corrected chi connectivity index (χ4v) is 4.94. The Morgan fingerprint density at radius 2 is 1.79 bits per heavy atom. The van der Waals surface area contributed by atoms with E-state index in [-0.39, 0.29) is 30.0 Å². The zero-order valence-corrected chi connectivity index (χ0v) is 19.0. The maximum atomic E-state index is 13.2. The fraction of sp³-hybridized carbons (Fsp3) is 0.391. The number of hydrogen-bond donors (Lipinski definition) is 2. The number of benzene rings is 1. The third kappa shape index (κ3) is 4.14. The van der Waals surface area contributed by atoms with Gasteiger partial charge >= 0.3 is 0 Å². The highest BCUT2D eigenvalue weighted by Gasteiger charge is 2.44. The van der Waals surface area contributed by atoms with Crippen molar-refractivity contribution in [3.63, 3.8) is 0 Å². The van der Waals surface area contributed by atoms with Crippen LogP contribution in [0, 0.1) is 0 Å². The van der Waals surface area contributed by atoms with Gasteiger partial charge in [-0.05, 0) is 50.0 Å². The summed E-state index contributed by atoms with van der Waals surface area (Å²) >= 11 is 6.10. The number of amides is 4. The van der Waals surface area contributed by atoms with Crippen LogP contribution in [0.25, 0.3) is 0 Å². The molecule has 5 rings (SSSR count). The van der Waals surface area contributed by atoms with E-state index >= 15 is 0 Å². The number of halogens is 1. The second-order valence-corrected chi connectivity index (χ2v) is 9.02. The summed E-state index contributed by atoms with van der Waals surface area (Å²) in [5, 5.41) is 5.86. The van der Waals surface area contributed by atoms with Crippen LogP contribution in [0.4, 0.5) is 5.82 Å². The van der Waals surface area contributed by atoms with Crippen LogP contribution in [0.5, 0.6) is 0 Å². The molecule has 0 radical (unpaired) electrons. The molecule has 0 bridgehead atoms. The maximum absolute atomic E-state index is 13.2. The zero-order chi connectivity index (χ0) is 23.8. The molecule has 10 nitrogen and oxygen atoms in total. The van der Waals surface area contributed by atoms with Crippen molar-refractivity contribution in [1.29, 1.82) is 0 Å². The molecule has 1 atom stereocenters. The van der Waals surface area contributed by atoms with Crippen molar-refractivity contribution < 1.29 is 19.2 Å². The van der Waals surface area contributed by atoms with Gasteiger partial charge in [0.15, 0.2) is 0 Å². The van der Waals surface area contributed by atoms with Gasteiger partial charge in [0, 0.05) is 19.0 Å². The van der Waals surface area contributed by atoms with Crippen molar-refractivity contribution >= 4 is 41.0 Å². The molecule has 4 amide bonds. The molecular formula is C23H23ClN6O4. The lowest BCUT2D eigenvalue weighted by Crippen LogP contribution is -2.54. The highest BCUT2D eigenvalue weighted by atomic mass is 35.5. The van der Waals surface area contributed by atoms with Crippen LogP contribution in [0.1, 0.15) is 52.0 Å². The van der Waals surface area contributed by atoms with Crippen LogP contribution in [0.15, 0.2) is 30.6 Å². The van der Waals surface area contributed by atoms with Crippen molar-refractivity contribution in [2.24, 2.45) is 0 Å². The molecule has 3 aliphatic heterocycles. The Morgan fingerprint density at radius 3 is 2.53 bits per heavy atom. The minimum absolute atomic E-state index is 0.0843. The largest absolute Gasteiger partial charge is 0.348 e. The fourth-order valence-electron chi connectivity index (χ4n) is 4.80. The van der Waals surface area contributed by atoms with E-state index < -0.39 is 29.7 Å². The number of aromatic nitrogens is 2. The van der Waals surface area contributed by atoms with Gasteiger partial charge < -0.3 is 10.2 Å². The van der Waals surface area contributed by atoms with Crippen molar-refractivity contribution in [3.05, 3.63) is 52.4 Å². The molecule has 0 saturated carbocycles. The minimum Gasteiger partial charge on any atom is -0.348 e. The van der Waals surface area contributed by atoms with Gasteiger partial charge in [-0.15, -0.1) is 0 Å². The van der Waals surface area contributed by atoms with E-state index in [1.165, 1.54) is 6.20 Å². The highest BCUT2D eigenvalue weighted by molar-refractivity contribution is 6.29. The van der Waals surface area contributed by atoms with Crippen LogP contribution in [0.2, 0.25) is 5.15 Å². The van der Waals surface area contributed by atoms with E-state index in [4.69, 9.17) is 11.6 Å².